The van der Waals surface area contributed by atoms with Gasteiger partial charge < -0.3 is 16.4 Å². The molecule has 17 heavy (non-hydrogen) atoms. The third kappa shape index (κ3) is 2.60. The van der Waals surface area contributed by atoms with Gasteiger partial charge in [-0.3, -0.25) is 9.59 Å². The molecule has 1 aliphatic carbocycles. The molecular formula is C12H21N3O2. The van der Waals surface area contributed by atoms with Crippen LogP contribution in [0.3, 0.4) is 0 Å². The molecule has 1 heterocycles. The summed E-state index contributed by atoms with van der Waals surface area (Å²) in [5.41, 5.74) is 5.42. The van der Waals surface area contributed by atoms with E-state index in [0.717, 1.165) is 32.1 Å². The SMILES string of the molecule is NCC1(C(=O)NC2CCC(=O)NC2)CCCC1. The van der Waals surface area contributed by atoms with E-state index >= 15 is 0 Å². The Morgan fingerprint density at radius 3 is 2.71 bits per heavy atom. The van der Waals surface area contributed by atoms with E-state index in [0.29, 0.717) is 19.5 Å². The van der Waals surface area contributed by atoms with Crippen molar-refractivity contribution in [2.45, 2.75) is 44.6 Å². The lowest BCUT2D eigenvalue weighted by atomic mass is 9.85. The predicted octanol–water partition coefficient (Wildman–Crippen LogP) is -0.0997. The summed E-state index contributed by atoms with van der Waals surface area (Å²) in [5.74, 6) is 0.156. The molecule has 96 valence electrons. The third-order valence-electron chi connectivity index (χ3n) is 4.03. The molecule has 1 unspecified atom stereocenters. The Hall–Kier alpha value is -1.10. The van der Waals surface area contributed by atoms with Crippen LogP contribution in [0.2, 0.25) is 0 Å². The Morgan fingerprint density at radius 2 is 2.18 bits per heavy atom. The zero-order valence-electron chi connectivity index (χ0n) is 10.1. The molecular weight excluding hydrogens is 218 g/mol. The lowest BCUT2D eigenvalue weighted by molar-refractivity contribution is -0.132. The summed E-state index contributed by atoms with van der Waals surface area (Å²) in [4.78, 5) is 23.3. The summed E-state index contributed by atoms with van der Waals surface area (Å²) in [5, 5.41) is 5.81. The molecule has 2 amide bonds. The number of rotatable bonds is 3. The number of carbonyl (C=O) groups is 2. The first-order valence-corrected chi connectivity index (χ1v) is 6.44. The van der Waals surface area contributed by atoms with Gasteiger partial charge in [0.1, 0.15) is 0 Å². The van der Waals surface area contributed by atoms with Gasteiger partial charge in [0.2, 0.25) is 11.8 Å². The number of hydrogen-bond acceptors (Lipinski definition) is 3. The fourth-order valence-electron chi connectivity index (χ4n) is 2.77. The Labute approximate surface area is 102 Å². The largest absolute Gasteiger partial charge is 0.354 e. The summed E-state index contributed by atoms with van der Waals surface area (Å²) in [6, 6.07) is 0.0734. The average molecular weight is 239 g/mol. The van der Waals surface area contributed by atoms with Crippen LogP contribution in [-0.4, -0.2) is 30.9 Å². The van der Waals surface area contributed by atoms with E-state index in [1.165, 1.54) is 0 Å². The zero-order chi connectivity index (χ0) is 12.3. The van der Waals surface area contributed by atoms with E-state index in [-0.39, 0.29) is 23.3 Å². The minimum atomic E-state index is -0.346. The van der Waals surface area contributed by atoms with Crippen LogP contribution in [0.1, 0.15) is 38.5 Å². The molecule has 1 aliphatic heterocycles. The molecule has 1 saturated heterocycles. The van der Waals surface area contributed by atoms with Gasteiger partial charge in [0.05, 0.1) is 5.41 Å². The number of amides is 2. The van der Waals surface area contributed by atoms with Crippen molar-refractivity contribution in [2.75, 3.05) is 13.1 Å². The van der Waals surface area contributed by atoms with Crippen molar-refractivity contribution in [3.63, 3.8) is 0 Å². The van der Waals surface area contributed by atoms with Gasteiger partial charge in [-0.25, -0.2) is 0 Å². The lowest BCUT2D eigenvalue weighted by Crippen LogP contribution is -2.53. The summed E-state index contributed by atoms with van der Waals surface area (Å²) in [7, 11) is 0. The van der Waals surface area contributed by atoms with Crippen molar-refractivity contribution in [3.05, 3.63) is 0 Å². The highest BCUT2D eigenvalue weighted by molar-refractivity contribution is 5.84. The van der Waals surface area contributed by atoms with Gasteiger partial charge in [-0.1, -0.05) is 12.8 Å². The van der Waals surface area contributed by atoms with Gasteiger partial charge >= 0.3 is 0 Å². The molecule has 0 aromatic carbocycles. The number of nitrogens with one attached hydrogen (secondary N) is 2. The molecule has 2 fully saturated rings. The fraction of sp³-hybridized carbons (Fsp3) is 0.833. The standard InChI is InChI=1S/C12H21N3O2/c13-8-12(5-1-2-6-12)11(17)15-9-3-4-10(16)14-7-9/h9H,1-8,13H2,(H,14,16)(H,15,17). The second-order valence-electron chi connectivity index (χ2n) is 5.20. The maximum atomic E-state index is 12.2. The Kier molecular flexibility index (Phi) is 3.66. The molecule has 0 spiro atoms. The second kappa shape index (κ2) is 5.04. The number of piperidine rings is 1. The first-order valence-electron chi connectivity index (χ1n) is 6.44. The third-order valence-corrected chi connectivity index (χ3v) is 4.03. The maximum Gasteiger partial charge on any atom is 0.227 e. The quantitative estimate of drug-likeness (QED) is 0.643. The van der Waals surface area contributed by atoms with Crippen LogP contribution in [-0.2, 0) is 9.59 Å². The van der Waals surface area contributed by atoms with Crippen LogP contribution in [0, 0.1) is 5.41 Å². The average Bonchev–Trinajstić information content (AvgIpc) is 2.82. The Balaban J connectivity index is 1.89. The van der Waals surface area contributed by atoms with E-state index in [1.54, 1.807) is 0 Å². The summed E-state index contributed by atoms with van der Waals surface area (Å²) >= 11 is 0. The van der Waals surface area contributed by atoms with Crippen LogP contribution in [0.25, 0.3) is 0 Å². The highest BCUT2D eigenvalue weighted by Crippen LogP contribution is 2.37. The number of nitrogens with two attached hydrogens (primary N) is 1. The molecule has 2 rings (SSSR count). The van der Waals surface area contributed by atoms with Crippen molar-refractivity contribution in [3.8, 4) is 0 Å². The first kappa shape index (κ1) is 12.4. The Bertz CT molecular complexity index is 301. The van der Waals surface area contributed by atoms with Crippen LogP contribution in [0.5, 0.6) is 0 Å². The van der Waals surface area contributed by atoms with Crippen molar-refractivity contribution < 1.29 is 9.59 Å². The molecule has 0 bridgehead atoms. The normalized spacial score (nSPS) is 27.6. The maximum absolute atomic E-state index is 12.2. The highest BCUT2D eigenvalue weighted by Gasteiger charge is 2.40. The topological polar surface area (TPSA) is 84.2 Å². The number of carbonyl (C=O) groups excluding carboxylic acids is 2. The van der Waals surface area contributed by atoms with Gasteiger partial charge in [-0.05, 0) is 19.3 Å². The molecule has 1 atom stereocenters. The van der Waals surface area contributed by atoms with Gasteiger partial charge in [0.25, 0.3) is 0 Å². The summed E-state index contributed by atoms with van der Waals surface area (Å²) < 4.78 is 0. The van der Waals surface area contributed by atoms with E-state index in [1.807, 2.05) is 0 Å². The second-order valence-corrected chi connectivity index (χ2v) is 5.20. The zero-order valence-corrected chi connectivity index (χ0v) is 10.1. The molecule has 5 nitrogen and oxygen atoms in total. The predicted molar refractivity (Wildman–Crippen MR) is 64.1 cm³/mol. The van der Waals surface area contributed by atoms with Crippen molar-refractivity contribution in [1.29, 1.82) is 0 Å². The summed E-state index contributed by atoms with van der Waals surface area (Å²) in [6.45, 7) is 0.975. The van der Waals surface area contributed by atoms with Crippen molar-refractivity contribution in [1.82, 2.24) is 10.6 Å². The van der Waals surface area contributed by atoms with E-state index in [4.69, 9.17) is 5.73 Å². The van der Waals surface area contributed by atoms with Crippen LogP contribution in [0.15, 0.2) is 0 Å². The van der Waals surface area contributed by atoms with Crippen LogP contribution in [0.4, 0.5) is 0 Å². The molecule has 1 saturated carbocycles. The minimum Gasteiger partial charge on any atom is -0.354 e. The van der Waals surface area contributed by atoms with Gasteiger partial charge in [-0.15, -0.1) is 0 Å². The fourth-order valence-corrected chi connectivity index (χ4v) is 2.77. The number of hydrogen-bond donors (Lipinski definition) is 3. The minimum absolute atomic E-state index is 0.0734. The Morgan fingerprint density at radius 1 is 1.47 bits per heavy atom. The molecule has 5 heteroatoms. The molecule has 2 aliphatic rings. The molecule has 4 N–H and O–H groups in total. The van der Waals surface area contributed by atoms with E-state index in [9.17, 15) is 9.59 Å². The monoisotopic (exact) mass is 239 g/mol. The summed E-state index contributed by atoms with van der Waals surface area (Å²) in [6.07, 6.45) is 5.21. The first-order chi connectivity index (χ1) is 8.16. The van der Waals surface area contributed by atoms with Gasteiger partial charge in [0.15, 0.2) is 0 Å². The van der Waals surface area contributed by atoms with Crippen molar-refractivity contribution >= 4 is 11.8 Å². The molecule has 0 radical (unpaired) electrons. The van der Waals surface area contributed by atoms with Gasteiger partial charge in [0, 0.05) is 25.6 Å². The molecule has 0 aromatic rings. The molecule has 0 aromatic heterocycles. The van der Waals surface area contributed by atoms with E-state index < -0.39 is 0 Å². The van der Waals surface area contributed by atoms with Gasteiger partial charge in [-0.2, -0.15) is 0 Å². The smallest absolute Gasteiger partial charge is 0.227 e. The van der Waals surface area contributed by atoms with Crippen LogP contribution < -0.4 is 16.4 Å². The lowest BCUT2D eigenvalue weighted by Gasteiger charge is -2.30. The highest BCUT2D eigenvalue weighted by atomic mass is 16.2. The van der Waals surface area contributed by atoms with E-state index in [2.05, 4.69) is 10.6 Å². The van der Waals surface area contributed by atoms with Crippen LogP contribution >= 0.6 is 0 Å². The van der Waals surface area contributed by atoms with Crippen molar-refractivity contribution in [2.24, 2.45) is 11.1 Å².